The van der Waals surface area contributed by atoms with Crippen LogP contribution in [0, 0.1) is 11.3 Å². The molecule has 0 amide bonds. The van der Waals surface area contributed by atoms with Crippen LogP contribution in [-0.4, -0.2) is 22.2 Å². The highest BCUT2D eigenvalue weighted by molar-refractivity contribution is 5.74. The van der Waals surface area contributed by atoms with Crippen molar-refractivity contribution in [3.05, 3.63) is 0 Å². The molecule has 2 N–H and O–H groups in total. The number of carboxylic acid groups (broad SMARTS) is 2. The first-order valence-corrected chi connectivity index (χ1v) is 6.83. The molecule has 0 aliphatic rings. The lowest BCUT2D eigenvalue weighted by molar-refractivity contribution is -0.153. The van der Waals surface area contributed by atoms with E-state index in [2.05, 4.69) is 6.92 Å². The smallest absolute Gasteiger partial charge is 0.309 e. The molecule has 2 atom stereocenters. The van der Waals surface area contributed by atoms with Crippen LogP contribution in [0.15, 0.2) is 0 Å². The SMILES string of the molecule is CCCCC(CC)C(C)(CCCC(=O)O)C(=O)O. The van der Waals surface area contributed by atoms with E-state index in [1.54, 1.807) is 6.92 Å². The third kappa shape index (κ3) is 5.07. The molecule has 0 aromatic rings. The number of rotatable bonds is 10. The fourth-order valence-electron chi connectivity index (χ4n) is 2.52. The second kappa shape index (κ2) is 8.11. The minimum atomic E-state index is -0.857. The predicted octanol–water partition coefficient (Wildman–Crippen LogP) is 3.55. The Hall–Kier alpha value is -1.06. The Bertz CT molecular complexity index is 275. The highest BCUT2D eigenvalue weighted by Gasteiger charge is 2.39. The molecule has 0 aliphatic carbocycles. The van der Waals surface area contributed by atoms with Gasteiger partial charge in [-0.2, -0.15) is 0 Å². The molecular formula is C14H26O4. The average molecular weight is 258 g/mol. The zero-order chi connectivity index (χ0) is 14.2. The van der Waals surface area contributed by atoms with Crippen LogP contribution in [0.3, 0.4) is 0 Å². The van der Waals surface area contributed by atoms with Crippen LogP contribution in [0.4, 0.5) is 0 Å². The molecule has 4 heteroatoms. The molecule has 0 spiro atoms. The van der Waals surface area contributed by atoms with E-state index in [4.69, 9.17) is 5.11 Å². The van der Waals surface area contributed by atoms with Crippen LogP contribution >= 0.6 is 0 Å². The fourth-order valence-corrected chi connectivity index (χ4v) is 2.52. The van der Waals surface area contributed by atoms with Gasteiger partial charge in [0.1, 0.15) is 0 Å². The minimum Gasteiger partial charge on any atom is -0.481 e. The van der Waals surface area contributed by atoms with Gasteiger partial charge < -0.3 is 10.2 Å². The first kappa shape index (κ1) is 16.9. The largest absolute Gasteiger partial charge is 0.481 e. The van der Waals surface area contributed by atoms with Crippen LogP contribution in [0.5, 0.6) is 0 Å². The zero-order valence-corrected chi connectivity index (χ0v) is 11.7. The van der Waals surface area contributed by atoms with Crippen molar-refractivity contribution in [2.45, 2.75) is 65.7 Å². The number of hydrogen-bond donors (Lipinski definition) is 2. The summed E-state index contributed by atoms with van der Waals surface area (Å²) in [4.78, 5) is 22.0. The molecular weight excluding hydrogens is 232 g/mol. The lowest BCUT2D eigenvalue weighted by atomic mass is 9.70. The van der Waals surface area contributed by atoms with Crippen LogP contribution in [-0.2, 0) is 9.59 Å². The molecule has 0 saturated heterocycles. The molecule has 18 heavy (non-hydrogen) atoms. The van der Waals surface area contributed by atoms with Gasteiger partial charge in [0.25, 0.3) is 0 Å². The van der Waals surface area contributed by atoms with E-state index in [-0.39, 0.29) is 12.3 Å². The van der Waals surface area contributed by atoms with Crippen molar-refractivity contribution in [2.24, 2.45) is 11.3 Å². The van der Waals surface area contributed by atoms with Gasteiger partial charge in [0.15, 0.2) is 0 Å². The summed E-state index contributed by atoms with van der Waals surface area (Å²) in [6, 6.07) is 0. The fraction of sp³-hybridized carbons (Fsp3) is 0.857. The second-order valence-corrected chi connectivity index (χ2v) is 5.22. The number of hydrogen-bond acceptors (Lipinski definition) is 2. The molecule has 0 bridgehead atoms. The summed E-state index contributed by atoms with van der Waals surface area (Å²) in [6.45, 7) is 5.87. The molecule has 0 aromatic heterocycles. The molecule has 0 radical (unpaired) electrons. The van der Waals surface area contributed by atoms with Crippen molar-refractivity contribution in [3.63, 3.8) is 0 Å². The van der Waals surface area contributed by atoms with Gasteiger partial charge in [0.05, 0.1) is 5.41 Å². The Morgan fingerprint density at radius 1 is 1.17 bits per heavy atom. The van der Waals surface area contributed by atoms with Gasteiger partial charge in [-0.15, -0.1) is 0 Å². The number of carbonyl (C=O) groups is 2. The van der Waals surface area contributed by atoms with E-state index in [0.29, 0.717) is 12.8 Å². The molecule has 0 rings (SSSR count). The van der Waals surface area contributed by atoms with E-state index in [1.807, 2.05) is 6.92 Å². The Kier molecular flexibility index (Phi) is 7.64. The minimum absolute atomic E-state index is 0.0487. The monoisotopic (exact) mass is 258 g/mol. The summed E-state index contributed by atoms with van der Waals surface area (Å²) in [7, 11) is 0. The van der Waals surface area contributed by atoms with Crippen molar-refractivity contribution < 1.29 is 19.8 Å². The third-order valence-electron chi connectivity index (χ3n) is 3.88. The molecule has 0 heterocycles. The van der Waals surface area contributed by atoms with Crippen LogP contribution in [0.1, 0.15) is 65.7 Å². The normalized spacial score (nSPS) is 15.9. The topological polar surface area (TPSA) is 74.6 Å². The van der Waals surface area contributed by atoms with Gasteiger partial charge in [-0.25, -0.2) is 0 Å². The molecule has 0 saturated carbocycles. The first-order valence-electron chi connectivity index (χ1n) is 6.83. The Morgan fingerprint density at radius 2 is 1.78 bits per heavy atom. The quantitative estimate of drug-likeness (QED) is 0.628. The lowest BCUT2D eigenvalue weighted by Gasteiger charge is -2.33. The predicted molar refractivity (Wildman–Crippen MR) is 70.5 cm³/mol. The Labute approximate surface area is 109 Å². The standard InChI is InChI=1S/C14H26O4/c1-4-6-8-11(5-2)14(3,13(17)18)10-7-9-12(15)16/h11H,4-10H2,1-3H3,(H,15,16)(H,17,18). The maximum absolute atomic E-state index is 11.5. The maximum atomic E-state index is 11.5. The Morgan fingerprint density at radius 3 is 2.17 bits per heavy atom. The molecule has 106 valence electrons. The van der Waals surface area contributed by atoms with E-state index < -0.39 is 17.4 Å². The number of aliphatic carboxylic acids is 2. The van der Waals surface area contributed by atoms with Crippen LogP contribution in [0.2, 0.25) is 0 Å². The summed E-state index contributed by atoms with van der Waals surface area (Å²) >= 11 is 0. The van der Waals surface area contributed by atoms with Gasteiger partial charge in [0, 0.05) is 6.42 Å². The summed E-state index contributed by atoms with van der Waals surface area (Å²) < 4.78 is 0. The molecule has 4 nitrogen and oxygen atoms in total. The molecule has 0 aliphatic heterocycles. The number of carboxylic acids is 2. The number of unbranched alkanes of at least 4 members (excludes halogenated alkanes) is 1. The summed E-state index contributed by atoms with van der Waals surface area (Å²) in [6.07, 6.45) is 4.74. The van der Waals surface area contributed by atoms with Gasteiger partial charge in [0.2, 0.25) is 0 Å². The molecule has 0 aromatic carbocycles. The summed E-state index contributed by atoms with van der Waals surface area (Å²) in [5.74, 6) is -1.52. The van der Waals surface area contributed by atoms with E-state index in [1.165, 1.54) is 0 Å². The summed E-state index contributed by atoms with van der Waals surface area (Å²) in [5, 5.41) is 18.1. The van der Waals surface area contributed by atoms with Gasteiger partial charge in [-0.05, 0) is 32.1 Å². The maximum Gasteiger partial charge on any atom is 0.309 e. The van der Waals surface area contributed by atoms with Crippen molar-refractivity contribution in [2.75, 3.05) is 0 Å². The van der Waals surface area contributed by atoms with Crippen molar-refractivity contribution in [1.29, 1.82) is 0 Å². The lowest BCUT2D eigenvalue weighted by Crippen LogP contribution is -2.36. The van der Waals surface area contributed by atoms with E-state index in [0.717, 1.165) is 25.7 Å². The van der Waals surface area contributed by atoms with Gasteiger partial charge in [-0.3, -0.25) is 9.59 Å². The van der Waals surface area contributed by atoms with E-state index in [9.17, 15) is 14.7 Å². The average Bonchev–Trinajstić information content (AvgIpc) is 2.29. The van der Waals surface area contributed by atoms with Crippen LogP contribution in [0.25, 0.3) is 0 Å². The van der Waals surface area contributed by atoms with Crippen molar-refractivity contribution in [3.8, 4) is 0 Å². The van der Waals surface area contributed by atoms with Gasteiger partial charge >= 0.3 is 11.9 Å². The zero-order valence-electron chi connectivity index (χ0n) is 11.7. The van der Waals surface area contributed by atoms with Crippen molar-refractivity contribution >= 4 is 11.9 Å². The van der Waals surface area contributed by atoms with Gasteiger partial charge in [-0.1, -0.05) is 33.1 Å². The van der Waals surface area contributed by atoms with E-state index >= 15 is 0 Å². The Balaban J connectivity index is 4.64. The first-order chi connectivity index (χ1) is 8.38. The summed E-state index contributed by atoms with van der Waals surface area (Å²) in [5.41, 5.74) is -0.792. The van der Waals surface area contributed by atoms with Crippen molar-refractivity contribution in [1.82, 2.24) is 0 Å². The highest BCUT2D eigenvalue weighted by Crippen LogP contribution is 2.38. The molecule has 0 fully saturated rings. The highest BCUT2D eigenvalue weighted by atomic mass is 16.4. The molecule has 2 unspecified atom stereocenters. The van der Waals surface area contributed by atoms with Crippen LogP contribution < -0.4 is 0 Å². The third-order valence-corrected chi connectivity index (χ3v) is 3.88. The second-order valence-electron chi connectivity index (χ2n) is 5.22.